The van der Waals surface area contributed by atoms with Crippen LogP contribution in [0.25, 0.3) is 0 Å². The fourth-order valence-electron chi connectivity index (χ4n) is 5.98. The van der Waals surface area contributed by atoms with Crippen molar-refractivity contribution in [2.75, 3.05) is 6.54 Å². The Morgan fingerprint density at radius 1 is 1.06 bits per heavy atom. The fourth-order valence-corrected chi connectivity index (χ4v) is 5.98. The highest BCUT2D eigenvalue weighted by Gasteiger charge is 2.57. The number of urea groups is 2. The minimum Gasteiger partial charge on any atom is -0.333 e. The van der Waals surface area contributed by atoms with Crippen molar-refractivity contribution < 1.29 is 19.2 Å². The van der Waals surface area contributed by atoms with E-state index in [4.69, 9.17) is 0 Å². The van der Waals surface area contributed by atoms with Crippen LogP contribution in [0.5, 0.6) is 0 Å². The normalized spacial score (nSPS) is 23.9. The van der Waals surface area contributed by atoms with Gasteiger partial charge in [-0.2, -0.15) is 5.06 Å². The third-order valence-electron chi connectivity index (χ3n) is 7.92. The van der Waals surface area contributed by atoms with Crippen molar-refractivity contribution in [3.05, 3.63) is 35.6 Å². The Kier molecular flexibility index (Phi) is 7.65. The number of hydroxylamine groups is 2. The maximum absolute atomic E-state index is 13.7. The molecule has 1 aromatic carbocycles. The van der Waals surface area contributed by atoms with E-state index in [9.17, 15) is 19.2 Å². The minimum absolute atomic E-state index is 0.00141. The lowest BCUT2D eigenvalue weighted by Crippen LogP contribution is -2.61. The van der Waals surface area contributed by atoms with Crippen molar-refractivity contribution in [3.8, 4) is 0 Å². The Morgan fingerprint density at radius 2 is 1.65 bits per heavy atom. The Balaban J connectivity index is 1.54. The van der Waals surface area contributed by atoms with Gasteiger partial charge in [-0.3, -0.25) is 10.1 Å². The first-order chi connectivity index (χ1) is 16.3. The lowest BCUT2D eigenvalue weighted by atomic mass is 9.92. The summed E-state index contributed by atoms with van der Waals surface area (Å²) in [4.78, 5) is 30.4. The van der Waals surface area contributed by atoms with Gasteiger partial charge in [0.05, 0.1) is 5.54 Å². The summed E-state index contributed by atoms with van der Waals surface area (Å²) in [5.74, 6) is -0.287. The van der Waals surface area contributed by atoms with Crippen LogP contribution in [0.3, 0.4) is 0 Å². The van der Waals surface area contributed by atoms with Gasteiger partial charge in [0.25, 0.3) is 0 Å². The summed E-state index contributed by atoms with van der Waals surface area (Å²) in [6.07, 6.45) is 9.94. The molecule has 0 unspecified atom stereocenters. The van der Waals surface area contributed by atoms with E-state index in [1.165, 1.54) is 18.6 Å². The van der Waals surface area contributed by atoms with Gasteiger partial charge in [-0.1, -0.05) is 50.7 Å². The number of hydrogen-bond acceptors (Lipinski definition) is 3. The molecule has 34 heavy (non-hydrogen) atoms. The fraction of sp³-hybridized carbons (Fsp3) is 0.692. The Bertz CT molecular complexity index is 850. The molecule has 2 N–H and O–H groups in total. The van der Waals surface area contributed by atoms with Crippen LogP contribution in [0.2, 0.25) is 0 Å². The summed E-state index contributed by atoms with van der Waals surface area (Å²) >= 11 is 0. The van der Waals surface area contributed by atoms with Crippen LogP contribution in [-0.2, 0) is 6.42 Å². The first-order valence-electron chi connectivity index (χ1n) is 12.9. The third-order valence-corrected chi connectivity index (χ3v) is 7.92. The summed E-state index contributed by atoms with van der Waals surface area (Å²) in [5, 5.41) is 15.0. The van der Waals surface area contributed by atoms with E-state index in [0.29, 0.717) is 13.0 Å². The van der Waals surface area contributed by atoms with Crippen LogP contribution >= 0.6 is 0 Å². The van der Waals surface area contributed by atoms with Crippen molar-refractivity contribution in [1.29, 1.82) is 0 Å². The molecule has 7 nitrogen and oxygen atoms in total. The zero-order valence-corrected chi connectivity index (χ0v) is 20.5. The molecule has 4 amide bonds. The van der Waals surface area contributed by atoms with E-state index in [1.807, 2.05) is 13.8 Å². The number of carbonyl (C=O) groups excluding carboxylic acids is 2. The molecule has 8 heteroatoms. The lowest BCUT2D eigenvalue weighted by molar-refractivity contribution is -0.141. The van der Waals surface area contributed by atoms with Crippen molar-refractivity contribution in [1.82, 2.24) is 20.2 Å². The van der Waals surface area contributed by atoms with Crippen LogP contribution < -0.4 is 5.32 Å². The standard InChI is InChI=1S/C26H39FN4O3/c1-26(2)23(31(34)24(32)28-21-9-5-3-6-10-21)30(22-11-7-4-8-12-22)25(33)29(26)18-17-19-13-15-20(27)16-14-19/h13-16,21-23,34H,3-12,17-18H2,1-2H3,(H,28,32)/t23-/m1/s1. The van der Waals surface area contributed by atoms with Crippen molar-refractivity contribution in [2.45, 2.75) is 108 Å². The molecular formula is C26H39FN4O3. The molecule has 0 spiro atoms. The molecule has 1 heterocycles. The molecule has 0 aromatic heterocycles. The Morgan fingerprint density at radius 3 is 2.26 bits per heavy atom. The zero-order valence-electron chi connectivity index (χ0n) is 20.5. The van der Waals surface area contributed by atoms with Gasteiger partial charge < -0.3 is 10.2 Å². The molecule has 188 valence electrons. The average Bonchev–Trinajstić information content (AvgIpc) is 3.04. The zero-order chi connectivity index (χ0) is 24.3. The smallest absolute Gasteiger partial charge is 0.333 e. The number of benzene rings is 1. The Hall–Kier alpha value is -2.35. The predicted octanol–water partition coefficient (Wildman–Crippen LogP) is 5.28. The molecule has 4 rings (SSSR count). The topological polar surface area (TPSA) is 76.1 Å². The quantitative estimate of drug-likeness (QED) is 0.435. The molecule has 1 atom stereocenters. The molecule has 3 fully saturated rings. The molecule has 2 aliphatic carbocycles. The lowest BCUT2D eigenvalue weighted by Gasteiger charge is -2.41. The van der Waals surface area contributed by atoms with E-state index >= 15 is 0 Å². The van der Waals surface area contributed by atoms with Gasteiger partial charge in [-0.05, 0) is 63.6 Å². The maximum atomic E-state index is 13.7. The number of nitrogens with zero attached hydrogens (tertiary/aromatic N) is 3. The largest absolute Gasteiger partial charge is 0.343 e. The highest BCUT2D eigenvalue weighted by molar-refractivity contribution is 5.81. The minimum atomic E-state index is -0.798. The summed E-state index contributed by atoms with van der Waals surface area (Å²) < 4.78 is 13.3. The number of nitrogens with one attached hydrogen (secondary N) is 1. The molecule has 1 aliphatic heterocycles. The second-order valence-corrected chi connectivity index (χ2v) is 10.7. The Labute approximate surface area is 202 Å². The molecule has 2 saturated carbocycles. The summed E-state index contributed by atoms with van der Waals surface area (Å²) in [6, 6.07) is 5.70. The second-order valence-electron chi connectivity index (χ2n) is 10.7. The molecular weight excluding hydrogens is 435 g/mol. The second kappa shape index (κ2) is 10.5. The molecule has 0 bridgehead atoms. The number of halogens is 1. The first-order valence-corrected chi connectivity index (χ1v) is 12.9. The van der Waals surface area contributed by atoms with Gasteiger partial charge in [-0.15, -0.1) is 0 Å². The molecule has 3 aliphatic rings. The first kappa shape index (κ1) is 24.8. The number of carbonyl (C=O) groups is 2. The van der Waals surface area contributed by atoms with Gasteiger partial charge >= 0.3 is 12.1 Å². The van der Waals surface area contributed by atoms with E-state index in [-0.39, 0.29) is 23.9 Å². The molecule has 1 aromatic rings. The van der Waals surface area contributed by atoms with Crippen LogP contribution in [-0.4, -0.2) is 62.5 Å². The number of hydrogen-bond donors (Lipinski definition) is 2. The van der Waals surface area contributed by atoms with Gasteiger partial charge in [0.15, 0.2) is 6.17 Å². The van der Waals surface area contributed by atoms with E-state index < -0.39 is 17.7 Å². The van der Waals surface area contributed by atoms with Crippen LogP contribution in [0, 0.1) is 5.82 Å². The van der Waals surface area contributed by atoms with Gasteiger partial charge in [-0.25, -0.2) is 14.0 Å². The van der Waals surface area contributed by atoms with Gasteiger partial charge in [0, 0.05) is 18.6 Å². The van der Waals surface area contributed by atoms with E-state index in [0.717, 1.165) is 68.4 Å². The van der Waals surface area contributed by atoms with Crippen molar-refractivity contribution in [3.63, 3.8) is 0 Å². The number of amides is 4. The van der Waals surface area contributed by atoms with Crippen LogP contribution in [0.1, 0.15) is 83.6 Å². The van der Waals surface area contributed by atoms with Crippen LogP contribution in [0.15, 0.2) is 24.3 Å². The van der Waals surface area contributed by atoms with Crippen molar-refractivity contribution in [2.24, 2.45) is 0 Å². The highest BCUT2D eigenvalue weighted by Crippen LogP contribution is 2.39. The highest BCUT2D eigenvalue weighted by atomic mass is 19.1. The summed E-state index contributed by atoms with van der Waals surface area (Å²) in [7, 11) is 0. The summed E-state index contributed by atoms with van der Waals surface area (Å²) in [5.41, 5.74) is 0.140. The van der Waals surface area contributed by atoms with Crippen molar-refractivity contribution >= 4 is 12.1 Å². The predicted molar refractivity (Wildman–Crippen MR) is 128 cm³/mol. The van der Waals surface area contributed by atoms with Crippen LogP contribution in [0.4, 0.5) is 14.0 Å². The third kappa shape index (κ3) is 5.16. The monoisotopic (exact) mass is 474 g/mol. The SMILES string of the molecule is CC1(C)[C@@H](N(O)C(=O)NC2CCCCC2)N(C2CCCCC2)C(=O)N1CCc1ccc(F)cc1. The van der Waals surface area contributed by atoms with Gasteiger partial charge in [0.1, 0.15) is 5.82 Å². The van der Waals surface area contributed by atoms with E-state index in [2.05, 4.69) is 5.32 Å². The van der Waals surface area contributed by atoms with E-state index in [1.54, 1.807) is 21.9 Å². The molecule has 0 radical (unpaired) electrons. The average molecular weight is 475 g/mol. The van der Waals surface area contributed by atoms with Gasteiger partial charge in [0.2, 0.25) is 0 Å². The maximum Gasteiger partial charge on any atom is 0.343 e. The number of rotatable bonds is 6. The summed E-state index contributed by atoms with van der Waals surface area (Å²) in [6.45, 7) is 4.26. The molecule has 1 saturated heterocycles.